The normalized spacial score (nSPS) is 11.0. The van der Waals surface area contributed by atoms with Crippen molar-refractivity contribution >= 4 is 44.1 Å². The van der Waals surface area contributed by atoms with Crippen LogP contribution in [-0.4, -0.2) is 15.9 Å². The van der Waals surface area contributed by atoms with E-state index in [1.165, 1.54) is 0 Å². The van der Waals surface area contributed by atoms with Crippen LogP contribution in [-0.2, 0) is 0 Å². The predicted molar refractivity (Wildman–Crippen MR) is 115 cm³/mol. The Hall–Kier alpha value is -3.57. The van der Waals surface area contributed by atoms with Crippen molar-refractivity contribution in [2.24, 2.45) is 0 Å². The van der Waals surface area contributed by atoms with Crippen LogP contribution in [0.4, 0.5) is 5.69 Å². The topological polar surface area (TPSA) is 54.9 Å². The van der Waals surface area contributed by atoms with E-state index in [-0.39, 0.29) is 5.91 Å². The van der Waals surface area contributed by atoms with E-state index in [1.54, 1.807) is 23.6 Å². The minimum Gasteiger partial charge on any atom is -0.321 e. The lowest BCUT2D eigenvalue weighted by molar-refractivity contribution is 0.102. The molecule has 0 saturated heterocycles. The third-order valence-corrected chi connectivity index (χ3v) is 5.66. The molecule has 2 aromatic heterocycles. The molecule has 5 aromatic rings. The molecule has 0 aliphatic rings. The van der Waals surface area contributed by atoms with Crippen molar-refractivity contribution in [2.75, 3.05) is 5.32 Å². The van der Waals surface area contributed by atoms with Gasteiger partial charge in [-0.3, -0.25) is 9.78 Å². The van der Waals surface area contributed by atoms with Gasteiger partial charge in [-0.15, -0.1) is 11.3 Å². The van der Waals surface area contributed by atoms with Crippen LogP contribution in [0.5, 0.6) is 0 Å². The van der Waals surface area contributed by atoms with Crippen LogP contribution in [0.2, 0.25) is 0 Å². The molecule has 3 aromatic carbocycles. The van der Waals surface area contributed by atoms with Crippen molar-refractivity contribution in [3.05, 3.63) is 90.6 Å². The fraction of sp³-hybridized carbons (Fsp3) is 0. The van der Waals surface area contributed by atoms with E-state index < -0.39 is 0 Å². The molecule has 2 heterocycles. The molecular formula is C23H15N3OS. The van der Waals surface area contributed by atoms with Gasteiger partial charge in [0.15, 0.2) is 0 Å². The van der Waals surface area contributed by atoms with E-state index in [4.69, 9.17) is 4.98 Å². The van der Waals surface area contributed by atoms with Gasteiger partial charge in [0, 0.05) is 17.1 Å². The summed E-state index contributed by atoms with van der Waals surface area (Å²) in [4.78, 5) is 22.1. The number of hydrogen-bond donors (Lipinski definition) is 1. The SMILES string of the molecule is O=C(Nc1ccccc1-c1nc2ccccc2s1)c1ccnc2ccccc12. The molecule has 0 atom stereocenters. The number of thiazole rings is 1. The van der Waals surface area contributed by atoms with E-state index in [9.17, 15) is 4.79 Å². The number of nitrogens with zero attached hydrogens (tertiary/aromatic N) is 2. The zero-order valence-corrected chi connectivity index (χ0v) is 15.6. The molecule has 0 radical (unpaired) electrons. The highest BCUT2D eigenvalue weighted by atomic mass is 32.1. The lowest BCUT2D eigenvalue weighted by atomic mass is 10.1. The minimum atomic E-state index is -0.160. The number of rotatable bonds is 3. The lowest BCUT2D eigenvalue weighted by Crippen LogP contribution is -2.13. The van der Waals surface area contributed by atoms with Gasteiger partial charge in [0.1, 0.15) is 5.01 Å². The Kier molecular flexibility index (Phi) is 4.07. The number of pyridine rings is 1. The first kappa shape index (κ1) is 16.6. The van der Waals surface area contributed by atoms with Crippen molar-refractivity contribution in [1.29, 1.82) is 0 Å². The predicted octanol–water partition coefficient (Wildman–Crippen LogP) is 5.76. The second-order valence-corrected chi connectivity index (χ2v) is 7.39. The summed E-state index contributed by atoms with van der Waals surface area (Å²) >= 11 is 1.62. The summed E-state index contributed by atoms with van der Waals surface area (Å²) in [6.07, 6.45) is 1.66. The van der Waals surface area contributed by atoms with Crippen LogP contribution in [0, 0.1) is 0 Å². The van der Waals surface area contributed by atoms with Gasteiger partial charge in [-0.25, -0.2) is 4.98 Å². The highest BCUT2D eigenvalue weighted by Crippen LogP contribution is 2.34. The number of benzene rings is 3. The Morgan fingerprint density at radius 3 is 2.46 bits per heavy atom. The van der Waals surface area contributed by atoms with Crippen molar-refractivity contribution in [3.63, 3.8) is 0 Å². The number of carbonyl (C=O) groups excluding carboxylic acids is 1. The maximum Gasteiger partial charge on any atom is 0.256 e. The molecule has 0 fully saturated rings. The average Bonchev–Trinajstić information content (AvgIpc) is 3.18. The zero-order chi connectivity index (χ0) is 18.9. The molecule has 1 amide bonds. The molecule has 0 aliphatic heterocycles. The summed E-state index contributed by atoms with van der Waals surface area (Å²) < 4.78 is 1.12. The summed E-state index contributed by atoms with van der Waals surface area (Å²) in [5.41, 5.74) is 4.02. The van der Waals surface area contributed by atoms with Gasteiger partial charge in [0.2, 0.25) is 0 Å². The van der Waals surface area contributed by atoms with Crippen molar-refractivity contribution in [3.8, 4) is 10.6 Å². The minimum absolute atomic E-state index is 0.160. The molecule has 0 bridgehead atoms. The molecule has 0 unspecified atom stereocenters. The highest BCUT2D eigenvalue weighted by molar-refractivity contribution is 7.21. The number of nitrogens with one attached hydrogen (secondary N) is 1. The maximum atomic E-state index is 13.0. The van der Waals surface area contributed by atoms with E-state index in [0.717, 1.165) is 37.4 Å². The maximum absolute atomic E-state index is 13.0. The van der Waals surface area contributed by atoms with Gasteiger partial charge in [-0.1, -0.05) is 42.5 Å². The summed E-state index contributed by atoms with van der Waals surface area (Å²) in [6, 6.07) is 25.2. The molecule has 5 rings (SSSR count). The van der Waals surface area contributed by atoms with Crippen molar-refractivity contribution in [1.82, 2.24) is 9.97 Å². The lowest BCUT2D eigenvalue weighted by Gasteiger charge is -2.10. The molecule has 5 heteroatoms. The Balaban J connectivity index is 1.55. The Morgan fingerprint density at radius 1 is 0.821 bits per heavy atom. The van der Waals surface area contributed by atoms with Crippen LogP contribution < -0.4 is 5.32 Å². The summed E-state index contributed by atoms with van der Waals surface area (Å²) in [5.74, 6) is -0.160. The molecule has 0 aliphatic carbocycles. The van der Waals surface area contributed by atoms with Crippen LogP contribution in [0.3, 0.4) is 0 Å². The summed E-state index contributed by atoms with van der Waals surface area (Å²) in [5, 5.41) is 4.78. The fourth-order valence-corrected chi connectivity index (χ4v) is 4.25. The first-order chi connectivity index (χ1) is 13.8. The number of amides is 1. The third kappa shape index (κ3) is 2.92. The fourth-order valence-electron chi connectivity index (χ4n) is 3.25. The zero-order valence-electron chi connectivity index (χ0n) is 14.8. The highest BCUT2D eigenvalue weighted by Gasteiger charge is 2.15. The van der Waals surface area contributed by atoms with Gasteiger partial charge in [-0.05, 0) is 36.4 Å². The average molecular weight is 381 g/mol. The third-order valence-electron chi connectivity index (χ3n) is 4.59. The Labute approximate surface area is 165 Å². The van der Waals surface area contributed by atoms with Gasteiger partial charge in [0.05, 0.1) is 27.0 Å². The second-order valence-electron chi connectivity index (χ2n) is 6.36. The van der Waals surface area contributed by atoms with E-state index in [0.29, 0.717) is 5.56 Å². The number of anilines is 1. The van der Waals surface area contributed by atoms with Gasteiger partial charge in [-0.2, -0.15) is 0 Å². The first-order valence-corrected chi connectivity index (χ1v) is 9.71. The molecule has 28 heavy (non-hydrogen) atoms. The quantitative estimate of drug-likeness (QED) is 0.432. The number of hydrogen-bond acceptors (Lipinski definition) is 4. The van der Waals surface area contributed by atoms with E-state index in [1.807, 2.05) is 66.7 Å². The number of carbonyl (C=O) groups is 1. The Morgan fingerprint density at radius 2 is 1.57 bits per heavy atom. The molecule has 4 nitrogen and oxygen atoms in total. The van der Waals surface area contributed by atoms with Gasteiger partial charge < -0.3 is 5.32 Å². The standard InChI is InChI=1S/C23H15N3OS/c27-22(16-13-14-24-18-9-3-1-7-15(16)18)25-19-10-4-2-8-17(19)23-26-20-11-5-6-12-21(20)28-23/h1-14H,(H,25,27). The molecule has 0 saturated carbocycles. The van der Waals surface area contributed by atoms with Crippen LogP contribution in [0.15, 0.2) is 85.1 Å². The van der Waals surface area contributed by atoms with Crippen LogP contribution >= 0.6 is 11.3 Å². The monoisotopic (exact) mass is 381 g/mol. The number of aromatic nitrogens is 2. The van der Waals surface area contributed by atoms with Crippen molar-refractivity contribution < 1.29 is 4.79 Å². The van der Waals surface area contributed by atoms with Gasteiger partial charge >= 0.3 is 0 Å². The largest absolute Gasteiger partial charge is 0.321 e. The number of fused-ring (bicyclic) bond motifs is 2. The van der Waals surface area contributed by atoms with Crippen LogP contribution in [0.1, 0.15) is 10.4 Å². The van der Waals surface area contributed by atoms with E-state index >= 15 is 0 Å². The van der Waals surface area contributed by atoms with Crippen LogP contribution in [0.25, 0.3) is 31.7 Å². The molecule has 0 spiro atoms. The molecule has 134 valence electrons. The molecule has 1 N–H and O–H groups in total. The Bertz CT molecular complexity index is 1290. The summed E-state index contributed by atoms with van der Waals surface area (Å²) in [7, 11) is 0. The van der Waals surface area contributed by atoms with Gasteiger partial charge in [0.25, 0.3) is 5.91 Å². The summed E-state index contributed by atoms with van der Waals surface area (Å²) in [6.45, 7) is 0. The van der Waals surface area contributed by atoms with Crippen molar-refractivity contribution in [2.45, 2.75) is 0 Å². The second kappa shape index (κ2) is 6.87. The molecular weight excluding hydrogens is 366 g/mol. The first-order valence-electron chi connectivity index (χ1n) is 8.90. The van der Waals surface area contributed by atoms with E-state index in [2.05, 4.69) is 16.4 Å². The smallest absolute Gasteiger partial charge is 0.256 e. The number of para-hydroxylation sites is 3.